The maximum atomic E-state index is 13.4. The SMILES string of the molecule is COc1ccc(-c2cc(-c3ccc(C(=O)O)cc3C)ccc2OC)c(CC(=N)C[C@H](O)c2cc(C(F)(F)F)cc(C(F)(F)F)c2)n1. The van der Waals surface area contributed by atoms with Gasteiger partial charge in [-0.15, -0.1) is 0 Å². The molecule has 242 valence electrons. The Bertz CT molecular complexity index is 1750. The van der Waals surface area contributed by atoms with E-state index in [1.54, 1.807) is 43.3 Å². The summed E-state index contributed by atoms with van der Waals surface area (Å²) in [6.07, 6.45) is -12.8. The van der Waals surface area contributed by atoms with E-state index in [-0.39, 0.29) is 35.3 Å². The molecule has 0 unspecified atom stereocenters. The molecule has 1 heterocycles. The highest BCUT2D eigenvalue weighted by Gasteiger charge is 2.37. The largest absolute Gasteiger partial charge is 0.496 e. The molecule has 46 heavy (non-hydrogen) atoms. The lowest BCUT2D eigenvalue weighted by atomic mass is 9.92. The molecule has 0 saturated heterocycles. The zero-order valence-electron chi connectivity index (χ0n) is 24.7. The van der Waals surface area contributed by atoms with Gasteiger partial charge in [0.25, 0.3) is 0 Å². The number of aliphatic hydroxyl groups is 1. The first-order valence-electron chi connectivity index (χ1n) is 13.6. The number of pyridine rings is 1. The van der Waals surface area contributed by atoms with Gasteiger partial charge in [-0.1, -0.05) is 12.1 Å². The molecule has 0 aliphatic rings. The van der Waals surface area contributed by atoms with Crippen molar-refractivity contribution in [3.8, 4) is 33.9 Å². The lowest BCUT2D eigenvalue weighted by Gasteiger charge is -2.19. The van der Waals surface area contributed by atoms with E-state index in [0.29, 0.717) is 40.1 Å². The number of carboxylic acids is 1. The second-order valence-electron chi connectivity index (χ2n) is 10.4. The van der Waals surface area contributed by atoms with Crippen LogP contribution in [0.1, 0.15) is 50.8 Å². The number of benzene rings is 3. The number of hydrogen-bond donors (Lipinski definition) is 3. The first kappa shape index (κ1) is 34.0. The molecule has 0 aliphatic carbocycles. The van der Waals surface area contributed by atoms with E-state index in [0.717, 1.165) is 5.56 Å². The molecule has 0 aliphatic heterocycles. The van der Waals surface area contributed by atoms with Crippen LogP contribution in [-0.4, -0.2) is 41.1 Å². The number of ether oxygens (including phenoxy) is 2. The topological polar surface area (TPSA) is 113 Å². The first-order valence-corrected chi connectivity index (χ1v) is 13.6. The van der Waals surface area contributed by atoms with Gasteiger partial charge >= 0.3 is 18.3 Å². The molecule has 0 radical (unpaired) electrons. The molecule has 0 saturated carbocycles. The second-order valence-corrected chi connectivity index (χ2v) is 10.4. The summed E-state index contributed by atoms with van der Waals surface area (Å²) < 4.78 is 90.9. The molecule has 1 aromatic heterocycles. The lowest BCUT2D eigenvalue weighted by molar-refractivity contribution is -0.143. The lowest BCUT2D eigenvalue weighted by Crippen LogP contribution is -2.15. The van der Waals surface area contributed by atoms with E-state index < -0.39 is 47.5 Å². The van der Waals surface area contributed by atoms with Crippen molar-refractivity contribution in [3.05, 3.63) is 100 Å². The van der Waals surface area contributed by atoms with Gasteiger partial charge in [0.2, 0.25) is 5.88 Å². The Kier molecular flexibility index (Phi) is 9.76. The Morgan fingerprint density at radius 1 is 0.848 bits per heavy atom. The van der Waals surface area contributed by atoms with E-state index in [2.05, 4.69) is 4.98 Å². The van der Waals surface area contributed by atoms with Crippen LogP contribution < -0.4 is 9.47 Å². The fourth-order valence-corrected chi connectivity index (χ4v) is 4.98. The van der Waals surface area contributed by atoms with Crippen LogP contribution in [-0.2, 0) is 18.8 Å². The third-order valence-corrected chi connectivity index (χ3v) is 7.25. The Morgan fingerprint density at radius 3 is 2.02 bits per heavy atom. The molecule has 4 rings (SSSR count). The summed E-state index contributed by atoms with van der Waals surface area (Å²) >= 11 is 0. The number of aromatic carboxylic acids is 1. The Hall–Kier alpha value is -4.91. The zero-order chi connectivity index (χ0) is 34.0. The summed E-state index contributed by atoms with van der Waals surface area (Å²) in [5, 5.41) is 28.6. The zero-order valence-corrected chi connectivity index (χ0v) is 24.7. The van der Waals surface area contributed by atoms with E-state index in [9.17, 15) is 41.4 Å². The van der Waals surface area contributed by atoms with E-state index in [4.69, 9.17) is 14.9 Å². The molecule has 7 nitrogen and oxygen atoms in total. The van der Waals surface area contributed by atoms with Gasteiger partial charge in [0.1, 0.15) is 5.75 Å². The van der Waals surface area contributed by atoms with Crippen LogP contribution in [0.5, 0.6) is 11.6 Å². The average Bonchev–Trinajstić information content (AvgIpc) is 2.99. The summed E-state index contributed by atoms with van der Waals surface area (Å²) in [7, 11) is 2.82. The van der Waals surface area contributed by atoms with Crippen LogP contribution in [0.25, 0.3) is 22.3 Å². The molecule has 0 fully saturated rings. The van der Waals surface area contributed by atoms with Crippen molar-refractivity contribution in [3.63, 3.8) is 0 Å². The fraction of sp³-hybridized carbons (Fsp3) is 0.242. The first-order chi connectivity index (χ1) is 21.5. The Labute approximate surface area is 259 Å². The highest BCUT2D eigenvalue weighted by atomic mass is 19.4. The minimum Gasteiger partial charge on any atom is -0.496 e. The van der Waals surface area contributed by atoms with Gasteiger partial charge in [-0.05, 0) is 77.7 Å². The van der Waals surface area contributed by atoms with Crippen molar-refractivity contribution in [2.24, 2.45) is 0 Å². The third kappa shape index (κ3) is 7.65. The van der Waals surface area contributed by atoms with E-state index in [1.807, 2.05) is 0 Å². The average molecular weight is 647 g/mol. The number of aliphatic hydroxyl groups excluding tert-OH is 1. The van der Waals surface area contributed by atoms with Gasteiger partial charge in [0.05, 0.1) is 42.7 Å². The van der Waals surface area contributed by atoms with Crippen molar-refractivity contribution in [2.45, 2.75) is 38.2 Å². The Morgan fingerprint density at radius 2 is 1.48 bits per heavy atom. The summed E-state index contributed by atoms with van der Waals surface area (Å²) in [4.78, 5) is 15.8. The van der Waals surface area contributed by atoms with Crippen LogP contribution in [0.15, 0.2) is 66.7 Å². The van der Waals surface area contributed by atoms with Crippen molar-refractivity contribution in [1.29, 1.82) is 5.41 Å². The number of nitrogens with one attached hydrogen (secondary N) is 1. The van der Waals surface area contributed by atoms with Crippen LogP contribution in [0.4, 0.5) is 26.3 Å². The molecular weight excluding hydrogens is 618 g/mol. The number of alkyl halides is 6. The number of rotatable bonds is 10. The van der Waals surface area contributed by atoms with Crippen LogP contribution >= 0.6 is 0 Å². The minimum absolute atomic E-state index is 0.0303. The highest BCUT2D eigenvalue weighted by molar-refractivity contribution is 5.90. The number of aromatic nitrogens is 1. The number of carboxylic acid groups (broad SMARTS) is 1. The molecule has 4 aromatic rings. The predicted molar refractivity (Wildman–Crippen MR) is 157 cm³/mol. The quantitative estimate of drug-likeness (QED) is 0.118. The predicted octanol–water partition coefficient (Wildman–Crippen LogP) is 8.16. The van der Waals surface area contributed by atoms with Crippen molar-refractivity contribution in [2.75, 3.05) is 14.2 Å². The smallest absolute Gasteiger partial charge is 0.416 e. The third-order valence-electron chi connectivity index (χ3n) is 7.25. The van der Waals surface area contributed by atoms with Crippen molar-refractivity contribution >= 4 is 11.7 Å². The van der Waals surface area contributed by atoms with Crippen molar-refractivity contribution in [1.82, 2.24) is 4.98 Å². The molecule has 3 N–H and O–H groups in total. The number of methoxy groups -OCH3 is 2. The summed E-state index contributed by atoms with van der Waals surface area (Å²) in [5.41, 5.74) is -0.441. The monoisotopic (exact) mass is 646 g/mol. The van der Waals surface area contributed by atoms with Crippen LogP contribution in [0, 0.1) is 12.3 Å². The fourth-order valence-electron chi connectivity index (χ4n) is 4.98. The van der Waals surface area contributed by atoms with Gasteiger partial charge in [0, 0.05) is 35.7 Å². The maximum Gasteiger partial charge on any atom is 0.416 e. The van der Waals surface area contributed by atoms with Gasteiger partial charge in [-0.3, -0.25) is 0 Å². The number of nitrogens with zero attached hydrogens (tertiary/aromatic N) is 1. The number of hydrogen-bond acceptors (Lipinski definition) is 6. The molecule has 0 bridgehead atoms. The minimum atomic E-state index is -5.09. The Balaban J connectivity index is 1.70. The van der Waals surface area contributed by atoms with Gasteiger partial charge in [0.15, 0.2) is 0 Å². The standard InChI is InChI=1S/C33H28F6N2O5/c1-17-10-19(31(43)44)4-6-24(17)18-5-8-29(45-2)26(13-18)25-7-9-30(46-3)41-27(25)15-23(40)16-28(42)20-11-21(32(34,35)36)14-22(12-20)33(37,38)39/h4-14,28,40,42H,15-16H2,1-3H3,(H,43,44)/t28-/m0/s1. The van der Waals surface area contributed by atoms with Gasteiger partial charge < -0.3 is 25.1 Å². The summed E-state index contributed by atoms with van der Waals surface area (Å²) in [5.74, 6) is -0.470. The molecule has 3 aromatic carbocycles. The summed E-state index contributed by atoms with van der Waals surface area (Å²) in [6.45, 7) is 1.76. The normalized spacial score (nSPS) is 12.5. The number of aryl methyl sites for hydroxylation is 1. The highest BCUT2D eigenvalue weighted by Crippen LogP contribution is 2.40. The molecule has 1 atom stereocenters. The van der Waals surface area contributed by atoms with Gasteiger partial charge in [-0.2, -0.15) is 26.3 Å². The van der Waals surface area contributed by atoms with Crippen molar-refractivity contribution < 1.29 is 50.8 Å². The molecule has 0 amide bonds. The molecular formula is C33H28F6N2O5. The van der Waals surface area contributed by atoms with Crippen LogP contribution in [0.2, 0.25) is 0 Å². The summed E-state index contributed by atoms with van der Waals surface area (Å²) in [6, 6.07) is 14.0. The number of carbonyl (C=O) groups is 1. The molecule has 13 heteroatoms. The van der Waals surface area contributed by atoms with Gasteiger partial charge in [-0.25, -0.2) is 9.78 Å². The van der Waals surface area contributed by atoms with E-state index >= 15 is 0 Å². The van der Waals surface area contributed by atoms with Crippen LogP contribution in [0.3, 0.4) is 0 Å². The number of halogens is 6. The van der Waals surface area contributed by atoms with E-state index in [1.165, 1.54) is 26.4 Å². The second kappa shape index (κ2) is 13.2. The molecule has 0 spiro atoms. The maximum absolute atomic E-state index is 13.4.